The fraction of sp³-hybridized carbons (Fsp3) is 0.485. The van der Waals surface area contributed by atoms with Gasteiger partial charge in [0.15, 0.2) is 5.78 Å². The minimum atomic E-state index is -0.821. The number of carbonyl (C=O) groups is 2. The quantitative estimate of drug-likeness (QED) is 0.218. The summed E-state index contributed by atoms with van der Waals surface area (Å²) < 4.78 is 11.0. The Labute approximate surface area is 248 Å². The second-order valence-corrected chi connectivity index (χ2v) is 10.9. The minimum Gasteiger partial charge on any atom is -0.507 e. The Morgan fingerprint density at radius 3 is 2.41 bits per heavy atom. The number of allylic oxidation sites excluding steroid dienone is 1. The second-order valence-electron chi connectivity index (χ2n) is 9.77. The molecule has 1 atom stereocenters. The Bertz CT molecular complexity index is 1320. The maximum Gasteiger partial charge on any atom is 0.410 e. The summed E-state index contributed by atoms with van der Waals surface area (Å²) in [5.74, 6) is -1.04. The number of thiophene rings is 1. The smallest absolute Gasteiger partial charge is 0.410 e. The summed E-state index contributed by atoms with van der Waals surface area (Å²) in [5.41, 5.74) is 0.367. The number of aryl methyl sites for hydroxylation is 2. The van der Waals surface area contributed by atoms with Crippen LogP contribution in [0.2, 0.25) is 0 Å². The van der Waals surface area contributed by atoms with E-state index in [4.69, 9.17) is 4.42 Å². The molecule has 3 rings (SSSR count). The zero-order valence-electron chi connectivity index (χ0n) is 25.8. The summed E-state index contributed by atoms with van der Waals surface area (Å²) in [4.78, 5) is 36.2. The van der Waals surface area contributed by atoms with Crippen LogP contribution in [0.25, 0.3) is 10.1 Å². The summed E-state index contributed by atoms with van der Waals surface area (Å²) in [6.07, 6.45) is 8.85. The van der Waals surface area contributed by atoms with Crippen molar-refractivity contribution in [3.8, 4) is 5.75 Å². The Hall–Kier alpha value is -3.39. The summed E-state index contributed by atoms with van der Waals surface area (Å²) in [6.45, 7) is 13.6. The average Bonchev–Trinajstić information content (AvgIpc) is 3.39. The molecular formula is C33H47NO6S. The zero-order chi connectivity index (χ0) is 30.9. The molecule has 0 radical (unpaired) electrons. The number of aromatic hydroxyl groups is 1. The molecule has 1 unspecified atom stereocenters. The number of alkyl carbamates (subject to hydrolysis) is 1. The van der Waals surface area contributed by atoms with Crippen molar-refractivity contribution in [1.29, 1.82) is 0 Å². The van der Waals surface area contributed by atoms with Crippen LogP contribution in [0.15, 0.2) is 51.8 Å². The van der Waals surface area contributed by atoms with E-state index in [0.717, 1.165) is 6.42 Å². The van der Waals surface area contributed by atoms with Gasteiger partial charge in [-0.15, -0.1) is 11.3 Å². The molecule has 0 aliphatic carbocycles. The van der Waals surface area contributed by atoms with Gasteiger partial charge in [0, 0.05) is 33.7 Å². The molecule has 226 valence electrons. The number of nitrogens with one attached hydrogen (secondary N) is 1. The summed E-state index contributed by atoms with van der Waals surface area (Å²) in [5, 5.41) is 13.8. The van der Waals surface area contributed by atoms with E-state index in [-0.39, 0.29) is 17.2 Å². The minimum absolute atomic E-state index is 0.144. The molecule has 1 amide bonds. The predicted octanol–water partition coefficient (Wildman–Crippen LogP) is 8.77. The van der Waals surface area contributed by atoms with Crippen LogP contribution in [0.3, 0.4) is 0 Å². The Balaban J connectivity index is 0.000000421. The molecule has 2 N–H and O–H groups in total. The molecule has 0 spiro atoms. The number of benzene rings is 1. The fourth-order valence-electron chi connectivity index (χ4n) is 3.87. The van der Waals surface area contributed by atoms with E-state index in [1.165, 1.54) is 59.2 Å². The SMILES string of the molecule is CC.CCCCc1ccc2sc(CC)cc2c1.COC(=O)N/C=C/CCC(C)c1cc(O)c(C(=O)C(C)C)c(=O)o1. The van der Waals surface area contributed by atoms with Crippen molar-refractivity contribution < 1.29 is 23.8 Å². The number of ether oxygens (including phenoxy) is 1. The second kappa shape index (κ2) is 18.9. The van der Waals surface area contributed by atoms with Gasteiger partial charge in [0.25, 0.3) is 0 Å². The molecule has 1 aromatic carbocycles. The van der Waals surface area contributed by atoms with Crippen molar-refractivity contribution in [1.82, 2.24) is 5.32 Å². The Kier molecular flexibility index (Phi) is 16.4. The molecule has 7 nitrogen and oxygen atoms in total. The van der Waals surface area contributed by atoms with Crippen molar-refractivity contribution in [2.45, 2.75) is 92.9 Å². The van der Waals surface area contributed by atoms with Crippen LogP contribution in [0.5, 0.6) is 5.75 Å². The topological polar surface area (TPSA) is 106 Å². The fourth-order valence-corrected chi connectivity index (χ4v) is 4.86. The number of carbonyl (C=O) groups excluding carboxylic acids is 2. The number of rotatable bonds is 11. The normalized spacial score (nSPS) is 11.4. The largest absolute Gasteiger partial charge is 0.507 e. The van der Waals surface area contributed by atoms with E-state index >= 15 is 0 Å². The lowest BCUT2D eigenvalue weighted by molar-refractivity contribution is 0.0931. The highest BCUT2D eigenvalue weighted by Crippen LogP contribution is 2.28. The molecule has 0 saturated heterocycles. The van der Waals surface area contributed by atoms with Crippen LogP contribution in [0.4, 0.5) is 4.79 Å². The average molecular weight is 586 g/mol. The first-order chi connectivity index (χ1) is 19.6. The summed E-state index contributed by atoms with van der Waals surface area (Å²) >= 11 is 1.93. The van der Waals surface area contributed by atoms with Gasteiger partial charge in [0.05, 0.1) is 7.11 Å². The number of hydrogen-bond donors (Lipinski definition) is 2. The van der Waals surface area contributed by atoms with Gasteiger partial charge >= 0.3 is 11.7 Å². The van der Waals surface area contributed by atoms with Gasteiger partial charge in [-0.05, 0) is 55.2 Å². The Morgan fingerprint density at radius 2 is 1.83 bits per heavy atom. The first-order valence-corrected chi connectivity index (χ1v) is 15.3. The van der Waals surface area contributed by atoms with Gasteiger partial charge in [-0.2, -0.15) is 0 Å². The lowest BCUT2D eigenvalue weighted by Crippen LogP contribution is -2.19. The van der Waals surface area contributed by atoms with Crippen molar-refractivity contribution in [2.75, 3.05) is 7.11 Å². The molecule has 41 heavy (non-hydrogen) atoms. The molecular weight excluding hydrogens is 538 g/mol. The van der Waals surface area contributed by atoms with Crippen molar-refractivity contribution in [2.24, 2.45) is 5.92 Å². The van der Waals surface area contributed by atoms with Gasteiger partial charge in [-0.1, -0.05) is 73.1 Å². The van der Waals surface area contributed by atoms with Crippen LogP contribution in [-0.2, 0) is 17.6 Å². The van der Waals surface area contributed by atoms with Crippen LogP contribution in [0, 0.1) is 5.92 Å². The highest BCUT2D eigenvalue weighted by Gasteiger charge is 2.22. The molecule has 0 aliphatic rings. The number of hydrogen-bond acceptors (Lipinski definition) is 7. The van der Waals surface area contributed by atoms with Gasteiger partial charge in [0.1, 0.15) is 17.1 Å². The van der Waals surface area contributed by atoms with E-state index in [1.807, 2.05) is 32.1 Å². The third kappa shape index (κ3) is 11.6. The molecule has 0 aliphatic heterocycles. The third-order valence-corrected chi connectivity index (χ3v) is 7.54. The van der Waals surface area contributed by atoms with E-state index < -0.39 is 23.4 Å². The lowest BCUT2D eigenvalue weighted by atomic mass is 9.99. The van der Waals surface area contributed by atoms with E-state index in [0.29, 0.717) is 18.6 Å². The first-order valence-electron chi connectivity index (χ1n) is 14.5. The maximum atomic E-state index is 12.0. The first kappa shape index (κ1) is 35.6. The van der Waals surface area contributed by atoms with Gasteiger partial charge in [-0.25, -0.2) is 9.59 Å². The molecule has 2 heterocycles. The highest BCUT2D eigenvalue weighted by molar-refractivity contribution is 7.19. The molecule has 0 bridgehead atoms. The van der Waals surface area contributed by atoms with Gasteiger partial charge in [-0.3, -0.25) is 10.1 Å². The van der Waals surface area contributed by atoms with Crippen LogP contribution >= 0.6 is 11.3 Å². The monoisotopic (exact) mass is 585 g/mol. The maximum absolute atomic E-state index is 12.0. The number of fused-ring (bicyclic) bond motifs is 1. The van der Waals surface area contributed by atoms with E-state index in [1.54, 1.807) is 19.9 Å². The van der Waals surface area contributed by atoms with Gasteiger partial charge < -0.3 is 14.3 Å². The highest BCUT2D eigenvalue weighted by atomic mass is 32.1. The standard InChI is InChI=1S/C17H23NO6.C14H18S.C2H6/c1-10(2)15(20)14-12(19)9-13(24-16(14)21)11(3)7-5-6-8-18-17(22)23-4;1-3-5-6-11-7-8-14-12(9-11)10-13(4-2)15-14;1-2/h6,8-11,19H,5,7H2,1-4H3,(H,18,22);7-10H,3-6H2,1-2H3;1-2H3/b8-6+;;. The number of ketones is 1. The van der Waals surface area contributed by atoms with E-state index in [9.17, 15) is 19.5 Å². The number of Topliss-reactive ketones (excluding diaryl/α,β-unsaturated/α-hetero) is 1. The molecule has 0 saturated carbocycles. The molecule has 8 heteroatoms. The van der Waals surface area contributed by atoms with Crippen molar-refractivity contribution >= 4 is 33.3 Å². The number of methoxy groups -OCH3 is 1. The number of amides is 1. The lowest BCUT2D eigenvalue weighted by Gasteiger charge is -2.11. The predicted molar refractivity (Wildman–Crippen MR) is 169 cm³/mol. The Morgan fingerprint density at radius 1 is 1.12 bits per heavy atom. The molecule has 2 aromatic heterocycles. The van der Waals surface area contributed by atoms with Crippen molar-refractivity contribution in [3.63, 3.8) is 0 Å². The van der Waals surface area contributed by atoms with Crippen LogP contribution in [-0.4, -0.2) is 24.1 Å². The van der Waals surface area contributed by atoms with Crippen molar-refractivity contribution in [3.05, 3.63) is 74.8 Å². The van der Waals surface area contributed by atoms with E-state index in [2.05, 4.69) is 48.2 Å². The number of unbranched alkanes of at least 4 members (excludes halogenated alkanes) is 1. The van der Waals surface area contributed by atoms with Crippen LogP contribution in [0.1, 0.15) is 107 Å². The molecule has 0 fully saturated rings. The van der Waals surface area contributed by atoms with Gasteiger partial charge in [0.2, 0.25) is 0 Å². The van der Waals surface area contributed by atoms with Crippen LogP contribution < -0.4 is 10.9 Å². The molecule has 3 aromatic rings. The third-order valence-electron chi connectivity index (χ3n) is 6.28. The zero-order valence-corrected chi connectivity index (χ0v) is 26.7. The summed E-state index contributed by atoms with van der Waals surface area (Å²) in [6, 6.07) is 10.6. The summed E-state index contributed by atoms with van der Waals surface area (Å²) in [7, 11) is 1.27.